The van der Waals surface area contributed by atoms with Crippen molar-refractivity contribution in [2.75, 3.05) is 6.54 Å². The van der Waals surface area contributed by atoms with E-state index in [2.05, 4.69) is 20.7 Å². The molecule has 3 heterocycles. The molecule has 1 fully saturated rings. The Morgan fingerprint density at radius 2 is 2.03 bits per heavy atom. The van der Waals surface area contributed by atoms with Gasteiger partial charge in [0.15, 0.2) is 17.0 Å². The van der Waals surface area contributed by atoms with Crippen molar-refractivity contribution in [2.45, 2.75) is 25.8 Å². The van der Waals surface area contributed by atoms with Crippen LogP contribution in [0, 0.1) is 11.7 Å². The van der Waals surface area contributed by atoms with Crippen LogP contribution >= 0.6 is 0 Å². The molecule has 2 amide bonds. The van der Waals surface area contributed by atoms with Crippen molar-refractivity contribution in [2.24, 2.45) is 13.0 Å². The summed E-state index contributed by atoms with van der Waals surface area (Å²) < 4.78 is 21.8. The van der Waals surface area contributed by atoms with Gasteiger partial charge in [-0.25, -0.2) is 18.7 Å². The zero-order valence-corrected chi connectivity index (χ0v) is 17.8. The highest BCUT2D eigenvalue weighted by molar-refractivity contribution is 5.98. The minimum Gasteiger partial charge on any atom is -0.408 e. The Bertz CT molecular complexity index is 1450. The van der Waals surface area contributed by atoms with E-state index in [-0.39, 0.29) is 23.6 Å². The van der Waals surface area contributed by atoms with Crippen LogP contribution in [0.3, 0.4) is 0 Å². The van der Waals surface area contributed by atoms with E-state index in [1.54, 1.807) is 25.2 Å². The zero-order chi connectivity index (χ0) is 23.1. The number of amides is 2. The molecule has 11 heteroatoms. The highest BCUT2D eigenvalue weighted by atomic mass is 19.1. The molecule has 0 aliphatic heterocycles. The van der Waals surface area contributed by atoms with E-state index >= 15 is 0 Å². The molecular formula is C22H21FN6O4. The van der Waals surface area contributed by atoms with Crippen molar-refractivity contribution >= 4 is 28.6 Å². The SMILES string of the molecule is Cn1c(=O)oc2ccc(CNC(=O)c3cc(C(=O)NCC4CCC4)n4ncc(F)c4n3)cc21. The number of aryl methyl sites for hydroxylation is 1. The van der Waals surface area contributed by atoms with E-state index in [0.29, 0.717) is 23.6 Å². The highest BCUT2D eigenvalue weighted by Gasteiger charge is 2.22. The summed E-state index contributed by atoms with van der Waals surface area (Å²) in [6, 6.07) is 6.40. The van der Waals surface area contributed by atoms with Crippen LogP contribution in [0.25, 0.3) is 16.7 Å². The maximum Gasteiger partial charge on any atom is 0.419 e. The van der Waals surface area contributed by atoms with Crippen LogP contribution in [-0.2, 0) is 13.6 Å². The van der Waals surface area contributed by atoms with E-state index in [4.69, 9.17) is 4.42 Å². The maximum absolute atomic E-state index is 14.2. The first-order chi connectivity index (χ1) is 15.9. The summed E-state index contributed by atoms with van der Waals surface area (Å²) in [6.45, 7) is 0.652. The number of nitrogens with one attached hydrogen (secondary N) is 2. The molecule has 0 unspecified atom stereocenters. The van der Waals surface area contributed by atoms with E-state index < -0.39 is 23.4 Å². The fourth-order valence-corrected chi connectivity index (χ4v) is 3.79. The van der Waals surface area contributed by atoms with Crippen molar-refractivity contribution in [1.82, 2.24) is 29.8 Å². The summed E-state index contributed by atoms with van der Waals surface area (Å²) in [5.41, 5.74) is 1.49. The van der Waals surface area contributed by atoms with Gasteiger partial charge in [0, 0.05) is 26.2 Å². The normalized spacial score (nSPS) is 13.9. The van der Waals surface area contributed by atoms with Crippen LogP contribution in [0.4, 0.5) is 4.39 Å². The van der Waals surface area contributed by atoms with Gasteiger partial charge in [-0.15, -0.1) is 0 Å². The predicted molar refractivity (Wildman–Crippen MR) is 115 cm³/mol. The van der Waals surface area contributed by atoms with E-state index in [1.165, 1.54) is 10.6 Å². The second kappa shape index (κ2) is 8.15. The smallest absolute Gasteiger partial charge is 0.408 e. The molecule has 1 saturated carbocycles. The van der Waals surface area contributed by atoms with Gasteiger partial charge in [-0.3, -0.25) is 14.2 Å². The summed E-state index contributed by atoms with van der Waals surface area (Å²) in [5.74, 6) is -1.79. The van der Waals surface area contributed by atoms with E-state index in [1.807, 2.05) is 0 Å². The summed E-state index contributed by atoms with van der Waals surface area (Å²) >= 11 is 0. The topological polar surface area (TPSA) is 124 Å². The van der Waals surface area contributed by atoms with Crippen molar-refractivity contribution < 1.29 is 18.4 Å². The predicted octanol–water partition coefficient (Wildman–Crippen LogP) is 1.77. The Morgan fingerprint density at radius 3 is 2.79 bits per heavy atom. The van der Waals surface area contributed by atoms with Gasteiger partial charge in [-0.2, -0.15) is 5.10 Å². The van der Waals surface area contributed by atoms with Gasteiger partial charge in [0.1, 0.15) is 11.4 Å². The number of hydrogen-bond acceptors (Lipinski definition) is 6. The molecule has 1 aromatic carbocycles. The number of halogens is 1. The molecule has 0 spiro atoms. The van der Waals surface area contributed by atoms with Crippen molar-refractivity contribution in [1.29, 1.82) is 0 Å². The van der Waals surface area contributed by atoms with Crippen LogP contribution in [0.15, 0.2) is 39.7 Å². The lowest BCUT2D eigenvalue weighted by atomic mass is 9.85. The second-order valence-corrected chi connectivity index (χ2v) is 8.17. The Kier molecular flexibility index (Phi) is 5.15. The van der Waals surface area contributed by atoms with Gasteiger partial charge >= 0.3 is 5.76 Å². The van der Waals surface area contributed by atoms with Gasteiger partial charge in [0.25, 0.3) is 11.8 Å². The van der Waals surface area contributed by atoms with Gasteiger partial charge in [0.05, 0.1) is 11.7 Å². The average Bonchev–Trinajstić information content (AvgIpc) is 3.29. The molecule has 0 atom stereocenters. The molecule has 0 saturated heterocycles. The van der Waals surface area contributed by atoms with Gasteiger partial charge in [-0.05, 0) is 36.5 Å². The maximum atomic E-state index is 14.2. The largest absolute Gasteiger partial charge is 0.419 e. The molecule has 10 nitrogen and oxygen atoms in total. The van der Waals surface area contributed by atoms with Crippen molar-refractivity contribution in [3.8, 4) is 0 Å². The molecule has 33 heavy (non-hydrogen) atoms. The fourth-order valence-electron chi connectivity index (χ4n) is 3.79. The number of aromatic nitrogens is 4. The highest BCUT2D eigenvalue weighted by Crippen LogP contribution is 2.25. The molecule has 0 radical (unpaired) electrons. The van der Waals surface area contributed by atoms with Gasteiger partial charge < -0.3 is 15.1 Å². The quantitative estimate of drug-likeness (QED) is 0.460. The lowest BCUT2D eigenvalue weighted by Gasteiger charge is -2.25. The monoisotopic (exact) mass is 452 g/mol. The number of fused-ring (bicyclic) bond motifs is 2. The second-order valence-electron chi connectivity index (χ2n) is 8.17. The average molecular weight is 452 g/mol. The molecule has 2 N–H and O–H groups in total. The number of carbonyl (C=O) groups is 2. The molecule has 170 valence electrons. The third-order valence-corrected chi connectivity index (χ3v) is 5.98. The number of rotatable bonds is 6. The van der Waals surface area contributed by atoms with E-state index in [9.17, 15) is 18.8 Å². The Morgan fingerprint density at radius 1 is 1.21 bits per heavy atom. The number of hydrogen-bond donors (Lipinski definition) is 2. The third kappa shape index (κ3) is 3.86. The summed E-state index contributed by atoms with van der Waals surface area (Å²) in [7, 11) is 1.59. The minimum atomic E-state index is -0.732. The summed E-state index contributed by atoms with van der Waals surface area (Å²) in [5, 5.41) is 9.43. The molecule has 1 aliphatic carbocycles. The first-order valence-electron chi connectivity index (χ1n) is 10.6. The lowest BCUT2D eigenvalue weighted by molar-refractivity contribution is 0.0931. The summed E-state index contributed by atoms with van der Waals surface area (Å²) in [4.78, 5) is 41.2. The Balaban J connectivity index is 1.37. The number of nitrogens with zero attached hydrogens (tertiary/aromatic N) is 4. The summed E-state index contributed by atoms with van der Waals surface area (Å²) in [6.07, 6.45) is 4.24. The van der Waals surface area contributed by atoms with Crippen LogP contribution in [0.2, 0.25) is 0 Å². The minimum absolute atomic E-state index is 0.0307. The molecule has 5 rings (SSSR count). The first kappa shape index (κ1) is 20.9. The Labute approximate surface area is 186 Å². The van der Waals surface area contributed by atoms with Crippen LogP contribution in [0.1, 0.15) is 45.8 Å². The van der Waals surface area contributed by atoms with Crippen LogP contribution in [-0.4, -0.2) is 37.5 Å². The first-order valence-corrected chi connectivity index (χ1v) is 10.6. The number of carbonyl (C=O) groups excluding carboxylic acids is 2. The standard InChI is InChI=1S/C22H21FN6O4/c1-28-16-7-13(5-6-18(16)33-22(28)32)10-24-20(30)15-8-17(21(31)25-9-12-3-2-4-12)29-19(27-15)14(23)11-26-29/h5-8,11-12H,2-4,9-10H2,1H3,(H,24,30)(H,25,31). The lowest BCUT2D eigenvalue weighted by Crippen LogP contribution is -2.34. The third-order valence-electron chi connectivity index (χ3n) is 5.98. The molecule has 3 aromatic heterocycles. The van der Waals surface area contributed by atoms with Crippen molar-refractivity contribution in [3.05, 3.63) is 63.8 Å². The fraction of sp³-hybridized carbons (Fsp3) is 0.318. The van der Waals surface area contributed by atoms with Crippen LogP contribution < -0.4 is 16.4 Å². The molecular weight excluding hydrogens is 431 g/mol. The molecule has 4 aromatic rings. The van der Waals surface area contributed by atoms with Crippen LogP contribution in [0.5, 0.6) is 0 Å². The van der Waals surface area contributed by atoms with E-state index in [0.717, 1.165) is 35.5 Å². The number of oxazole rings is 1. The number of benzene rings is 1. The zero-order valence-electron chi connectivity index (χ0n) is 17.8. The Hall–Kier alpha value is -4.02. The van der Waals surface area contributed by atoms with Gasteiger partial charge in [-0.1, -0.05) is 12.5 Å². The van der Waals surface area contributed by atoms with Gasteiger partial charge in [0.2, 0.25) is 0 Å². The molecule has 0 bridgehead atoms. The van der Waals surface area contributed by atoms with Crippen molar-refractivity contribution in [3.63, 3.8) is 0 Å². The molecule has 1 aliphatic rings.